The van der Waals surface area contributed by atoms with Crippen LogP contribution in [0.25, 0.3) is 0 Å². The van der Waals surface area contributed by atoms with Crippen molar-refractivity contribution in [2.45, 2.75) is 25.6 Å². The van der Waals surface area contributed by atoms with Gasteiger partial charge in [-0.1, -0.05) is 15.9 Å². The monoisotopic (exact) mass is 339 g/mol. The summed E-state index contributed by atoms with van der Waals surface area (Å²) in [7, 11) is 0. The normalized spacial score (nSPS) is 12.4. The molecule has 0 aromatic heterocycles. The Balaban J connectivity index is 2.94. The highest BCUT2D eigenvalue weighted by molar-refractivity contribution is 9.10. The quantitative estimate of drug-likeness (QED) is 0.889. The molecule has 3 nitrogen and oxygen atoms in total. The first-order valence-electron chi connectivity index (χ1n) is 5.38. The lowest BCUT2D eigenvalue weighted by Crippen LogP contribution is -2.38. The largest absolute Gasteiger partial charge is 0.417 e. The molecule has 0 fully saturated rings. The van der Waals surface area contributed by atoms with Gasteiger partial charge in [0.25, 0.3) is 5.91 Å². The Morgan fingerprint density at radius 2 is 1.95 bits per heavy atom. The Kier molecular flexibility index (Phi) is 4.63. The highest BCUT2D eigenvalue weighted by atomic mass is 79.9. The fourth-order valence-corrected chi connectivity index (χ4v) is 1.75. The maximum absolute atomic E-state index is 12.7. The van der Waals surface area contributed by atoms with Gasteiger partial charge in [0, 0.05) is 16.6 Å². The van der Waals surface area contributed by atoms with Gasteiger partial charge in [-0.15, -0.1) is 0 Å². The van der Waals surface area contributed by atoms with Crippen molar-refractivity contribution in [1.29, 1.82) is 0 Å². The minimum absolute atomic E-state index is 0.0523. The van der Waals surface area contributed by atoms with Gasteiger partial charge in [-0.3, -0.25) is 4.79 Å². The fraction of sp³-hybridized carbons (Fsp3) is 0.417. The maximum Gasteiger partial charge on any atom is 0.417 e. The van der Waals surface area contributed by atoms with E-state index in [1.807, 2.05) is 0 Å². The summed E-state index contributed by atoms with van der Waals surface area (Å²) in [5.74, 6) is -0.667. The predicted molar refractivity (Wildman–Crippen MR) is 67.8 cm³/mol. The van der Waals surface area contributed by atoms with Gasteiger partial charge >= 0.3 is 6.18 Å². The number of amides is 1. The van der Waals surface area contributed by atoms with Gasteiger partial charge in [0.1, 0.15) is 0 Å². The summed E-state index contributed by atoms with van der Waals surface area (Å²) < 4.78 is 37.9. The molecule has 0 atom stereocenters. The minimum atomic E-state index is -4.54. The Morgan fingerprint density at radius 1 is 1.37 bits per heavy atom. The van der Waals surface area contributed by atoms with E-state index < -0.39 is 23.2 Å². The summed E-state index contributed by atoms with van der Waals surface area (Å²) in [5, 5.41) is 11.8. The molecule has 0 bridgehead atoms. The van der Waals surface area contributed by atoms with E-state index in [0.29, 0.717) is 0 Å². The van der Waals surface area contributed by atoms with Crippen LogP contribution in [0.5, 0.6) is 0 Å². The van der Waals surface area contributed by atoms with Crippen molar-refractivity contribution in [2.24, 2.45) is 0 Å². The third kappa shape index (κ3) is 4.83. The molecule has 106 valence electrons. The van der Waals surface area contributed by atoms with Gasteiger partial charge in [-0.05, 0) is 32.0 Å². The lowest BCUT2D eigenvalue weighted by molar-refractivity contribution is -0.138. The zero-order chi connectivity index (χ0) is 14.8. The van der Waals surface area contributed by atoms with E-state index in [2.05, 4.69) is 21.2 Å². The van der Waals surface area contributed by atoms with Crippen molar-refractivity contribution in [1.82, 2.24) is 5.32 Å². The molecule has 0 aliphatic carbocycles. The second-order valence-electron chi connectivity index (χ2n) is 4.69. The predicted octanol–water partition coefficient (Wildman–Crippen LogP) is 2.97. The summed E-state index contributed by atoms with van der Waals surface area (Å²) in [6, 6.07) is 3.21. The second kappa shape index (κ2) is 5.50. The molecule has 1 aromatic carbocycles. The molecule has 0 spiro atoms. The lowest BCUT2D eigenvalue weighted by Gasteiger charge is -2.18. The number of carbonyl (C=O) groups excluding carboxylic acids is 1. The number of carbonyl (C=O) groups is 1. The molecule has 1 aromatic rings. The molecule has 0 unspecified atom stereocenters. The molecule has 0 aliphatic heterocycles. The molecule has 7 heteroatoms. The molecule has 1 amide bonds. The molecule has 1 rings (SSSR count). The highest BCUT2D eigenvalue weighted by Crippen LogP contribution is 2.35. The topological polar surface area (TPSA) is 49.3 Å². The highest BCUT2D eigenvalue weighted by Gasteiger charge is 2.33. The maximum atomic E-state index is 12.7. The molecular weight excluding hydrogens is 327 g/mol. The molecule has 0 heterocycles. The molecule has 2 N–H and O–H groups in total. The van der Waals surface area contributed by atoms with Crippen LogP contribution in [-0.2, 0) is 6.18 Å². The van der Waals surface area contributed by atoms with Crippen LogP contribution in [0.2, 0.25) is 0 Å². The average molecular weight is 340 g/mol. The first kappa shape index (κ1) is 16.0. The van der Waals surface area contributed by atoms with Crippen LogP contribution in [0.15, 0.2) is 22.7 Å². The third-order valence-electron chi connectivity index (χ3n) is 2.22. The van der Waals surface area contributed by atoms with Crippen LogP contribution < -0.4 is 5.32 Å². The van der Waals surface area contributed by atoms with Crippen molar-refractivity contribution in [2.75, 3.05) is 6.54 Å². The van der Waals surface area contributed by atoms with E-state index in [4.69, 9.17) is 0 Å². The van der Waals surface area contributed by atoms with Gasteiger partial charge in [-0.2, -0.15) is 13.2 Å². The number of hydrogen-bond donors (Lipinski definition) is 2. The zero-order valence-electron chi connectivity index (χ0n) is 10.3. The smallest absolute Gasteiger partial charge is 0.389 e. The first-order chi connectivity index (χ1) is 8.50. The summed E-state index contributed by atoms with van der Waals surface area (Å²) in [6.45, 7) is 2.91. The Hall–Kier alpha value is -1.08. The molecule has 0 saturated heterocycles. The van der Waals surface area contributed by atoms with Crippen molar-refractivity contribution < 1.29 is 23.1 Å². The number of aliphatic hydroxyl groups is 1. The number of alkyl halides is 3. The van der Waals surface area contributed by atoms with Crippen LogP contribution in [0.3, 0.4) is 0 Å². The van der Waals surface area contributed by atoms with Crippen molar-refractivity contribution >= 4 is 21.8 Å². The number of hydrogen-bond acceptors (Lipinski definition) is 2. The molecule has 0 radical (unpaired) electrons. The molecule has 0 aliphatic rings. The molecule has 19 heavy (non-hydrogen) atoms. The van der Waals surface area contributed by atoms with Crippen LogP contribution in [-0.4, -0.2) is 23.2 Å². The van der Waals surface area contributed by atoms with Gasteiger partial charge in [-0.25, -0.2) is 0 Å². The molecule has 0 saturated carbocycles. The lowest BCUT2D eigenvalue weighted by atomic mass is 10.1. The van der Waals surface area contributed by atoms with E-state index in [1.54, 1.807) is 0 Å². The number of benzene rings is 1. The van der Waals surface area contributed by atoms with Crippen LogP contribution >= 0.6 is 15.9 Å². The van der Waals surface area contributed by atoms with Gasteiger partial charge in [0.2, 0.25) is 0 Å². The Labute approximate surface area is 116 Å². The number of nitrogens with one attached hydrogen (secondary N) is 1. The van der Waals surface area contributed by atoms with Crippen LogP contribution in [0.4, 0.5) is 13.2 Å². The van der Waals surface area contributed by atoms with E-state index in [0.717, 1.165) is 6.07 Å². The minimum Gasteiger partial charge on any atom is -0.389 e. The second-order valence-corrected chi connectivity index (χ2v) is 5.54. The molecular formula is C12H13BrF3NO2. The average Bonchev–Trinajstić information content (AvgIpc) is 2.24. The van der Waals surface area contributed by atoms with E-state index in [-0.39, 0.29) is 16.6 Å². The third-order valence-corrected chi connectivity index (χ3v) is 2.91. The summed E-state index contributed by atoms with van der Waals surface area (Å²) >= 11 is 2.79. The van der Waals surface area contributed by atoms with E-state index in [9.17, 15) is 23.1 Å². The van der Waals surface area contributed by atoms with Crippen molar-refractivity contribution in [3.05, 3.63) is 33.8 Å². The van der Waals surface area contributed by atoms with E-state index >= 15 is 0 Å². The van der Waals surface area contributed by atoms with Crippen molar-refractivity contribution in [3.8, 4) is 0 Å². The Bertz CT molecular complexity index is 481. The van der Waals surface area contributed by atoms with E-state index in [1.165, 1.54) is 26.0 Å². The van der Waals surface area contributed by atoms with Gasteiger partial charge < -0.3 is 10.4 Å². The summed E-state index contributed by atoms with van der Waals surface area (Å²) in [5.41, 5.74) is -2.15. The van der Waals surface area contributed by atoms with Gasteiger partial charge in [0.05, 0.1) is 11.2 Å². The standard InChI is InChI=1S/C12H13BrF3NO2/c1-11(2,19)6-17-10(18)7-3-4-9(13)8(5-7)12(14,15)16/h3-5,19H,6H2,1-2H3,(H,17,18). The SMILES string of the molecule is CC(C)(O)CNC(=O)c1ccc(Br)c(C(F)(F)F)c1. The summed E-state index contributed by atoms with van der Waals surface area (Å²) in [6.07, 6.45) is -4.54. The Morgan fingerprint density at radius 3 is 2.42 bits per heavy atom. The van der Waals surface area contributed by atoms with Crippen LogP contribution in [0, 0.1) is 0 Å². The number of rotatable bonds is 3. The zero-order valence-corrected chi connectivity index (χ0v) is 11.9. The van der Waals surface area contributed by atoms with Crippen LogP contribution in [0.1, 0.15) is 29.8 Å². The summed E-state index contributed by atoms with van der Waals surface area (Å²) in [4.78, 5) is 11.7. The first-order valence-corrected chi connectivity index (χ1v) is 6.17. The number of halogens is 4. The van der Waals surface area contributed by atoms with Gasteiger partial charge in [0.15, 0.2) is 0 Å². The van der Waals surface area contributed by atoms with Crippen molar-refractivity contribution in [3.63, 3.8) is 0 Å². The fourth-order valence-electron chi connectivity index (χ4n) is 1.28.